The molecule has 1 aromatic carbocycles. The highest BCUT2D eigenvalue weighted by Crippen LogP contribution is 2.62. The van der Waals surface area contributed by atoms with Crippen LogP contribution in [0.1, 0.15) is 79.3 Å². The first-order chi connectivity index (χ1) is 19.1. The zero-order valence-electron chi connectivity index (χ0n) is 24.4. The van der Waals surface area contributed by atoms with Crippen LogP contribution in [0.25, 0.3) is 10.9 Å². The zero-order valence-corrected chi connectivity index (χ0v) is 25.2. The van der Waals surface area contributed by atoms with E-state index in [1.165, 1.54) is 43.9 Å². The molecule has 1 amide bonds. The van der Waals surface area contributed by atoms with Crippen molar-refractivity contribution >= 4 is 28.6 Å². The maximum absolute atomic E-state index is 13.7. The number of hydrogen-bond acceptors (Lipinski definition) is 5. The fourth-order valence-electron chi connectivity index (χ4n) is 7.70. The van der Waals surface area contributed by atoms with Gasteiger partial charge in [-0.1, -0.05) is 18.2 Å². The van der Waals surface area contributed by atoms with Crippen LogP contribution >= 0.6 is 11.8 Å². The van der Waals surface area contributed by atoms with E-state index in [4.69, 9.17) is 4.74 Å². The first-order valence-corrected chi connectivity index (χ1v) is 15.9. The van der Waals surface area contributed by atoms with E-state index >= 15 is 0 Å². The maximum Gasteiger partial charge on any atom is 0.254 e. The number of aromatic amines is 1. The number of thioether (sulfide) groups is 1. The van der Waals surface area contributed by atoms with Gasteiger partial charge in [0, 0.05) is 51.4 Å². The monoisotopic (exact) mass is 562 g/mol. The van der Waals surface area contributed by atoms with Gasteiger partial charge in [0.2, 0.25) is 0 Å². The Balaban J connectivity index is 1.26. The quantitative estimate of drug-likeness (QED) is 0.316. The highest BCUT2D eigenvalue weighted by Gasteiger charge is 2.55. The minimum Gasteiger partial charge on any atom is -0.377 e. The van der Waals surface area contributed by atoms with Crippen molar-refractivity contribution in [1.82, 2.24) is 20.2 Å². The summed E-state index contributed by atoms with van der Waals surface area (Å²) in [4.78, 5) is 30.2. The van der Waals surface area contributed by atoms with Gasteiger partial charge in [0.1, 0.15) is 0 Å². The maximum atomic E-state index is 13.7. The summed E-state index contributed by atoms with van der Waals surface area (Å²) in [5.74, 6) is 0.452. The molecule has 3 heterocycles. The van der Waals surface area contributed by atoms with Gasteiger partial charge >= 0.3 is 0 Å². The van der Waals surface area contributed by atoms with Gasteiger partial charge in [0.15, 0.2) is 0 Å². The molecule has 1 spiro atoms. The van der Waals surface area contributed by atoms with Gasteiger partial charge in [-0.2, -0.15) is 0 Å². The minimum absolute atomic E-state index is 0.128. The number of carbonyl (C=O) groups is 1. The average Bonchev–Trinajstić information content (AvgIpc) is 3.59. The van der Waals surface area contributed by atoms with Crippen LogP contribution in [-0.4, -0.2) is 46.5 Å². The molecule has 7 nitrogen and oxygen atoms in total. The van der Waals surface area contributed by atoms with E-state index in [1.807, 2.05) is 25.3 Å². The average molecular weight is 563 g/mol. The number of aromatic nitrogens is 2. The smallest absolute Gasteiger partial charge is 0.254 e. The summed E-state index contributed by atoms with van der Waals surface area (Å²) in [6.45, 7) is 10.4. The van der Waals surface area contributed by atoms with E-state index in [-0.39, 0.29) is 23.6 Å². The van der Waals surface area contributed by atoms with E-state index in [0.717, 1.165) is 46.0 Å². The number of amides is 1. The Kier molecular flexibility index (Phi) is 7.16. The number of para-hydroxylation sites is 1. The van der Waals surface area contributed by atoms with Gasteiger partial charge in [0.25, 0.3) is 11.5 Å². The third-order valence-electron chi connectivity index (χ3n) is 9.80. The normalized spacial score (nSPS) is 23.6. The molecule has 2 saturated carbocycles. The summed E-state index contributed by atoms with van der Waals surface area (Å²) >= 11 is 1.53. The number of nitrogens with one attached hydrogen (secondary N) is 3. The molecule has 3 aliphatic rings. The molecule has 2 unspecified atom stereocenters. The van der Waals surface area contributed by atoms with Crippen LogP contribution in [0, 0.1) is 25.2 Å². The van der Waals surface area contributed by atoms with Crippen molar-refractivity contribution in [3.8, 4) is 0 Å². The van der Waals surface area contributed by atoms with Crippen LogP contribution in [0.15, 0.2) is 40.0 Å². The largest absolute Gasteiger partial charge is 0.377 e. The molecule has 3 aromatic rings. The molecule has 6 rings (SSSR count). The lowest BCUT2D eigenvalue weighted by Crippen LogP contribution is -2.62. The molecule has 2 aliphatic carbocycles. The number of rotatable bonds is 8. The SMILES string of the molecule is CSc1cc(C)[nH]c(=O)c1CNC(=O)c1c(C)n([C@H](C)C2CCC(NC3(C)COC3)CC23CC3)c2ccccc12. The number of benzene rings is 1. The Labute approximate surface area is 240 Å². The first kappa shape index (κ1) is 27.6. The molecular formula is C32H42N4O3S. The second-order valence-electron chi connectivity index (χ2n) is 12.7. The van der Waals surface area contributed by atoms with Crippen molar-refractivity contribution in [3.63, 3.8) is 0 Å². The van der Waals surface area contributed by atoms with Crippen molar-refractivity contribution < 1.29 is 9.53 Å². The summed E-state index contributed by atoms with van der Waals surface area (Å²) in [7, 11) is 0. The molecule has 3 N–H and O–H groups in total. The second-order valence-corrected chi connectivity index (χ2v) is 13.6. The Morgan fingerprint density at radius 3 is 2.65 bits per heavy atom. The van der Waals surface area contributed by atoms with Crippen molar-refractivity contribution in [2.75, 3.05) is 19.5 Å². The van der Waals surface area contributed by atoms with Crippen LogP contribution in [0.3, 0.4) is 0 Å². The van der Waals surface area contributed by atoms with Gasteiger partial charge in [-0.05, 0) is 89.5 Å². The summed E-state index contributed by atoms with van der Waals surface area (Å²) in [6, 6.07) is 11.1. The molecule has 214 valence electrons. The molecule has 3 atom stereocenters. The molecule has 0 bridgehead atoms. The standard InChI is InChI=1S/C32H42N4O3S/c1-19-14-27(40-5)24(29(37)34-19)16-33-30(38)28-21(3)36(26-9-7-6-8-23(26)28)20(2)25-11-10-22(15-32(25)12-13-32)35-31(4)17-39-18-31/h6-9,14,20,22,25,35H,10-13,15-18H2,1-5H3,(H,33,38)(H,34,37)/t20-,22?,25?/m1/s1. The molecule has 1 saturated heterocycles. The molecule has 1 aliphatic heterocycles. The predicted octanol–water partition coefficient (Wildman–Crippen LogP) is 5.49. The Morgan fingerprint density at radius 2 is 1.98 bits per heavy atom. The van der Waals surface area contributed by atoms with Gasteiger partial charge in [-0.15, -0.1) is 11.8 Å². The zero-order chi connectivity index (χ0) is 28.2. The van der Waals surface area contributed by atoms with Crippen LogP contribution in [0.5, 0.6) is 0 Å². The second kappa shape index (κ2) is 10.4. The fourth-order valence-corrected chi connectivity index (χ4v) is 8.41. The number of aryl methyl sites for hydroxylation is 1. The number of hydrogen-bond donors (Lipinski definition) is 3. The van der Waals surface area contributed by atoms with E-state index in [2.05, 4.69) is 59.2 Å². The Hall–Kier alpha value is -2.55. The van der Waals surface area contributed by atoms with Gasteiger partial charge in [0.05, 0.1) is 24.3 Å². The van der Waals surface area contributed by atoms with Crippen molar-refractivity contribution in [2.24, 2.45) is 11.3 Å². The number of fused-ring (bicyclic) bond motifs is 1. The van der Waals surface area contributed by atoms with Crippen molar-refractivity contribution in [3.05, 3.63) is 63.2 Å². The summed E-state index contributed by atoms with van der Waals surface area (Å²) in [5.41, 5.74) is 4.64. The van der Waals surface area contributed by atoms with E-state index in [9.17, 15) is 9.59 Å². The molecular weight excluding hydrogens is 520 g/mol. The third kappa shape index (κ3) is 4.82. The minimum atomic E-state index is -0.143. The van der Waals surface area contributed by atoms with Crippen LogP contribution in [-0.2, 0) is 11.3 Å². The highest BCUT2D eigenvalue weighted by atomic mass is 32.2. The number of pyridine rings is 1. The number of H-pyrrole nitrogens is 1. The van der Waals surface area contributed by atoms with Gasteiger partial charge in [-0.3, -0.25) is 9.59 Å². The Morgan fingerprint density at radius 1 is 1.23 bits per heavy atom. The molecule has 2 aromatic heterocycles. The predicted molar refractivity (Wildman–Crippen MR) is 161 cm³/mol. The fraction of sp³-hybridized carbons (Fsp3) is 0.562. The van der Waals surface area contributed by atoms with Crippen LogP contribution < -0.4 is 16.2 Å². The molecule has 0 radical (unpaired) electrons. The number of nitrogens with zero attached hydrogens (tertiary/aromatic N) is 1. The summed E-state index contributed by atoms with van der Waals surface area (Å²) in [5, 5.41) is 7.97. The lowest BCUT2D eigenvalue weighted by atomic mass is 9.70. The van der Waals surface area contributed by atoms with Gasteiger partial charge in [-0.25, -0.2) is 0 Å². The highest BCUT2D eigenvalue weighted by molar-refractivity contribution is 7.98. The topological polar surface area (TPSA) is 88.2 Å². The number of ether oxygens (including phenoxy) is 1. The molecule has 40 heavy (non-hydrogen) atoms. The summed E-state index contributed by atoms with van der Waals surface area (Å²) < 4.78 is 7.91. The third-order valence-corrected chi connectivity index (χ3v) is 10.6. The Bertz CT molecular complexity index is 1500. The van der Waals surface area contributed by atoms with E-state index in [1.54, 1.807) is 0 Å². The molecule has 3 fully saturated rings. The van der Waals surface area contributed by atoms with Crippen LogP contribution in [0.4, 0.5) is 0 Å². The van der Waals surface area contributed by atoms with Crippen molar-refractivity contribution in [1.29, 1.82) is 0 Å². The summed E-state index contributed by atoms with van der Waals surface area (Å²) in [6.07, 6.45) is 8.14. The lowest BCUT2D eigenvalue weighted by molar-refractivity contribution is -0.0744. The van der Waals surface area contributed by atoms with Crippen LogP contribution in [0.2, 0.25) is 0 Å². The molecule has 8 heteroatoms. The first-order valence-electron chi connectivity index (χ1n) is 14.6. The van der Waals surface area contributed by atoms with Crippen molar-refractivity contribution in [2.45, 2.75) is 88.9 Å². The van der Waals surface area contributed by atoms with Gasteiger partial charge < -0.3 is 24.9 Å². The van der Waals surface area contributed by atoms with E-state index in [0.29, 0.717) is 29.0 Å². The van der Waals surface area contributed by atoms with E-state index < -0.39 is 0 Å². The lowest BCUT2D eigenvalue weighted by Gasteiger charge is -2.47. The number of carbonyl (C=O) groups excluding carboxylic acids is 1.